The quantitative estimate of drug-likeness (QED) is 0.685. The molecule has 0 aromatic heterocycles. The first-order valence-electron chi connectivity index (χ1n) is 5.66. The Hall–Kier alpha value is 0.274. The standard InChI is InChI=1S/C10H22O4Si2/c1-11-15(12-2)9-5-7-10(8-6-9)16(13-3)14-4/h9-10H,5-8H2,1-4H3. The molecule has 0 aliphatic heterocycles. The summed E-state index contributed by atoms with van der Waals surface area (Å²) in [7, 11) is 4.90. The molecule has 0 amide bonds. The summed E-state index contributed by atoms with van der Waals surface area (Å²) in [5.41, 5.74) is 1.24. The Morgan fingerprint density at radius 1 is 0.625 bits per heavy atom. The van der Waals surface area contributed by atoms with E-state index in [1.807, 2.05) is 0 Å². The zero-order chi connectivity index (χ0) is 12.0. The van der Waals surface area contributed by atoms with E-state index in [9.17, 15) is 0 Å². The van der Waals surface area contributed by atoms with Gasteiger partial charge in [0, 0.05) is 39.5 Å². The van der Waals surface area contributed by atoms with Gasteiger partial charge in [-0.25, -0.2) is 0 Å². The highest BCUT2D eigenvalue weighted by Gasteiger charge is 2.36. The third kappa shape index (κ3) is 3.64. The van der Waals surface area contributed by atoms with Crippen LogP contribution in [-0.4, -0.2) is 47.0 Å². The molecular formula is C10H22O4Si2. The smallest absolute Gasteiger partial charge is 0.387 e. The van der Waals surface area contributed by atoms with Gasteiger partial charge in [0.05, 0.1) is 0 Å². The maximum absolute atomic E-state index is 5.41. The molecule has 0 saturated heterocycles. The SMILES string of the molecule is CO[Si](OC)C1CCC([Si](OC)OC)CC1. The second-order valence-electron chi connectivity index (χ2n) is 4.00. The number of rotatable bonds is 6. The number of hydrogen-bond donors (Lipinski definition) is 0. The molecule has 0 bridgehead atoms. The van der Waals surface area contributed by atoms with Gasteiger partial charge in [0.25, 0.3) is 0 Å². The van der Waals surface area contributed by atoms with Crippen LogP contribution in [0, 0.1) is 0 Å². The molecule has 0 spiro atoms. The fraction of sp³-hybridized carbons (Fsp3) is 1.00. The van der Waals surface area contributed by atoms with Gasteiger partial charge in [-0.3, -0.25) is 0 Å². The molecular weight excluding hydrogens is 240 g/mol. The van der Waals surface area contributed by atoms with Crippen LogP contribution in [0.2, 0.25) is 11.1 Å². The summed E-state index contributed by atoms with van der Waals surface area (Å²) in [5.74, 6) is 0. The Kier molecular flexibility index (Phi) is 6.78. The van der Waals surface area contributed by atoms with Crippen molar-refractivity contribution in [2.45, 2.75) is 36.8 Å². The van der Waals surface area contributed by atoms with E-state index in [1.54, 1.807) is 28.4 Å². The molecule has 1 aliphatic carbocycles. The third-order valence-corrected chi connectivity index (χ3v) is 7.30. The lowest BCUT2D eigenvalue weighted by atomic mass is 9.99. The molecule has 0 N–H and O–H groups in total. The summed E-state index contributed by atoms with van der Waals surface area (Å²) in [6.07, 6.45) is 4.73. The summed E-state index contributed by atoms with van der Waals surface area (Å²) in [6.45, 7) is 0. The lowest BCUT2D eigenvalue weighted by molar-refractivity contribution is 0.233. The Balaban J connectivity index is 2.38. The molecule has 2 radical (unpaired) electrons. The first-order valence-corrected chi connectivity index (χ1v) is 8.45. The van der Waals surface area contributed by atoms with Gasteiger partial charge in [-0.2, -0.15) is 0 Å². The Morgan fingerprint density at radius 2 is 0.875 bits per heavy atom. The van der Waals surface area contributed by atoms with E-state index in [-0.39, 0.29) is 0 Å². The van der Waals surface area contributed by atoms with Crippen LogP contribution in [0.5, 0.6) is 0 Å². The molecule has 1 fully saturated rings. The largest absolute Gasteiger partial charge is 0.397 e. The van der Waals surface area contributed by atoms with E-state index in [4.69, 9.17) is 17.7 Å². The maximum atomic E-state index is 5.41. The van der Waals surface area contributed by atoms with Crippen molar-refractivity contribution in [2.24, 2.45) is 0 Å². The van der Waals surface area contributed by atoms with E-state index in [0.29, 0.717) is 11.1 Å². The summed E-state index contributed by atoms with van der Waals surface area (Å²) < 4.78 is 21.7. The second-order valence-corrected chi connectivity index (χ2v) is 8.55. The molecule has 0 aromatic carbocycles. The van der Waals surface area contributed by atoms with Crippen LogP contribution in [0.1, 0.15) is 25.7 Å². The van der Waals surface area contributed by atoms with Crippen molar-refractivity contribution in [3.05, 3.63) is 0 Å². The highest BCUT2D eigenvalue weighted by atomic mass is 28.3. The van der Waals surface area contributed by atoms with Crippen molar-refractivity contribution in [2.75, 3.05) is 28.4 Å². The van der Waals surface area contributed by atoms with Gasteiger partial charge in [0.15, 0.2) is 0 Å². The van der Waals surface area contributed by atoms with Gasteiger partial charge in [-0.15, -0.1) is 0 Å². The molecule has 94 valence electrons. The Labute approximate surface area is 102 Å². The van der Waals surface area contributed by atoms with Crippen LogP contribution < -0.4 is 0 Å². The van der Waals surface area contributed by atoms with Crippen LogP contribution in [0.15, 0.2) is 0 Å². The van der Waals surface area contributed by atoms with E-state index < -0.39 is 18.6 Å². The molecule has 0 atom stereocenters. The molecule has 0 aromatic rings. The predicted molar refractivity (Wildman–Crippen MR) is 65.5 cm³/mol. The normalized spacial score (nSPS) is 26.6. The molecule has 1 rings (SSSR count). The maximum Gasteiger partial charge on any atom is 0.387 e. The van der Waals surface area contributed by atoms with Crippen molar-refractivity contribution in [1.82, 2.24) is 0 Å². The monoisotopic (exact) mass is 262 g/mol. The minimum atomic E-state index is -1.06. The van der Waals surface area contributed by atoms with Gasteiger partial charge < -0.3 is 17.7 Å². The van der Waals surface area contributed by atoms with E-state index in [2.05, 4.69) is 0 Å². The van der Waals surface area contributed by atoms with Crippen molar-refractivity contribution in [3.63, 3.8) is 0 Å². The molecule has 1 saturated carbocycles. The van der Waals surface area contributed by atoms with Gasteiger partial charge in [0.2, 0.25) is 0 Å². The van der Waals surface area contributed by atoms with Crippen molar-refractivity contribution < 1.29 is 17.7 Å². The molecule has 4 nitrogen and oxygen atoms in total. The molecule has 1 aliphatic rings. The molecule has 0 unspecified atom stereocenters. The van der Waals surface area contributed by atoms with Gasteiger partial charge in [0.1, 0.15) is 0 Å². The first kappa shape index (κ1) is 14.3. The van der Waals surface area contributed by atoms with Crippen LogP contribution in [-0.2, 0) is 17.7 Å². The van der Waals surface area contributed by atoms with E-state index in [0.717, 1.165) is 0 Å². The third-order valence-electron chi connectivity index (χ3n) is 3.20. The fourth-order valence-corrected chi connectivity index (χ4v) is 5.67. The van der Waals surface area contributed by atoms with Crippen LogP contribution in [0.4, 0.5) is 0 Å². The number of hydrogen-bond acceptors (Lipinski definition) is 4. The Bertz CT molecular complexity index is 158. The van der Waals surface area contributed by atoms with Crippen LogP contribution in [0.3, 0.4) is 0 Å². The highest BCUT2D eigenvalue weighted by molar-refractivity contribution is 6.47. The molecule has 0 heterocycles. The lowest BCUT2D eigenvalue weighted by Crippen LogP contribution is -2.33. The summed E-state index contributed by atoms with van der Waals surface area (Å²) in [6, 6.07) is 0. The van der Waals surface area contributed by atoms with Crippen molar-refractivity contribution >= 4 is 18.6 Å². The minimum Gasteiger partial charge on any atom is -0.397 e. The summed E-state index contributed by atoms with van der Waals surface area (Å²) in [4.78, 5) is 0. The zero-order valence-corrected chi connectivity index (χ0v) is 12.6. The van der Waals surface area contributed by atoms with Crippen LogP contribution >= 0.6 is 0 Å². The summed E-state index contributed by atoms with van der Waals surface area (Å²) in [5, 5.41) is 0. The van der Waals surface area contributed by atoms with Crippen molar-refractivity contribution in [1.29, 1.82) is 0 Å². The predicted octanol–water partition coefficient (Wildman–Crippen LogP) is 1.86. The molecule has 16 heavy (non-hydrogen) atoms. The first-order chi connectivity index (χ1) is 7.76. The summed E-state index contributed by atoms with van der Waals surface area (Å²) >= 11 is 0. The van der Waals surface area contributed by atoms with Gasteiger partial charge >= 0.3 is 18.6 Å². The fourth-order valence-electron chi connectivity index (χ4n) is 2.40. The average molecular weight is 262 g/mol. The van der Waals surface area contributed by atoms with E-state index >= 15 is 0 Å². The molecule has 6 heteroatoms. The average Bonchev–Trinajstić information content (AvgIpc) is 2.34. The van der Waals surface area contributed by atoms with Crippen LogP contribution in [0.25, 0.3) is 0 Å². The van der Waals surface area contributed by atoms with Gasteiger partial charge in [-0.1, -0.05) is 0 Å². The lowest BCUT2D eigenvalue weighted by Gasteiger charge is -2.31. The Morgan fingerprint density at radius 3 is 1.06 bits per heavy atom. The second kappa shape index (κ2) is 7.57. The van der Waals surface area contributed by atoms with Crippen molar-refractivity contribution in [3.8, 4) is 0 Å². The topological polar surface area (TPSA) is 36.9 Å². The highest BCUT2D eigenvalue weighted by Crippen LogP contribution is 2.39. The van der Waals surface area contributed by atoms with E-state index in [1.165, 1.54) is 25.7 Å². The minimum absolute atomic E-state index is 0.619. The zero-order valence-electron chi connectivity index (χ0n) is 10.6. The van der Waals surface area contributed by atoms with Gasteiger partial charge in [-0.05, 0) is 25.7 Å².